The molecule has 0 atom stereocenters. The van der Waals surface area contributed by atoms with E-state index in [2.05, 4.69) is 10.3 Å². The first-order valence-electron chi connectivity index (χ1n) is 7.80. The lowest BCUT2D eigenvalue weighted by Gasteiger charge is -2.04. The Morgan fingerprint density at radius 3 is 2.62 bits per heavy atom. The first-order valence-corrected chi connectivity index (χ1v) is 8.99. The second-order valence-electron chi connectivity index (χ2n) is 5.39. The third-order valence-corrected chi connectivity index (χ3v) is 5.12. The molecule has 132 valence electrons. The molecule has 0 fully saturated rings. The number of benzene rings is 2. The van der Waals surface area contributed by atoms with Crippen molar-refractivity contribution in [2.24, 2.45) is 0 Å². The molecule has 0 aliphatic rings. The van der Waals surface area contributed by atoms with Gasteiger partial charge in [-0.15, -0.1) is 11.3 Å². The van der Waals surface area contributed by atoms with Gasteiger partial charge in [0.25, 0.3) is 11.6 Å². The van der Waals surface area contributed by atoms with Crippen molar-refractivity contribution in [3.05, 3.63) is 74.1 Å². The third-order valence-electron chi connectivity index (χ3n) is 3.69. The molecule has 8 heteroatoms. The van der Waals surface area contributed by atoms with E-state index in [1.807, 2.05) is 37.3 Å². The van der Waals surface area contributed by atoms with Crippen LogP contribution in [-0.4, -0.2) is 15.8 Å². The second-order valence-corrected chi connectivity index (χ2v) is 6.88. The Hall–Kier alpha value is -2.77. The van der Waals surface area contributed by atoms with Gasteiger partial charge in [-0.1, -0.05) is 48.9 Å². The van der Waals surface area contributed by atoms with Gasteiger partial charge >= 0.3 is 0 Å². The van der Waals surface area contributed by atoms with Crippen LogP contribution in [0.3, 0.4) is 0 Å². The highest BCUT2D eigenvalue weighted by atomic mass is 35.5. The van der Waals surface area contributed by atoms with Gasteiger partial charge in [-0.25, -0.2) is 4.98 Å². The first kappa shape index (κ1) is 18.0. The monoisotopic (exact) mass is 387 g/mol. The minimum atomic E-state index is -0.561. The number of amides is 1. The molecule has 0 radical (unpaired) electrons. The number of nitrogens with zero attached hydrogens (tertiary/aromatic N) is 2. The fourth-order valence-corrected chi connectivity index (χ4v) is 3.61. The van der Waals surface area contributed by atoms with Crippen LogP contribution in [0.5, 0.6) is 0 Å². The predicted octanol–water partition coefficient (Wildman–Crippen LogP) is 5.19. The zero-order valence-corrected chi connectivity index (χ0v) is 15.3. The summed E-state index contributed by atoms with van der Waals surface area (Å²) < 4.78 is 0. The molecule has 6 nitrogen and oxygen atoms in total. The van der Waals surface area contributed by atoms with Crippen molar-refractivity contribution in [2.45, 2.75) is 13.3 Å². The Morgan fingerprint density at radius 2 is 2.00 bits per heavy atom. The van der Waals surface area contributed by atoms with Crippen molar-refractivity contribution in [3.63, 3.8) is 0 Å². The van der Waals surface area contributed by atoms with Crippen molar-refractivity contribution in [1.29, 1.82) is 0 Å². The Bertz CT molecular complexity index is 973. The number of rotatable bonds is 5. The summed E-state index contributed by atoms with van der Waals surface area (Å²) in [5.74, 6) is -0.457. The molecule has 1 amide bonds. The Labute approximate surface area is 158 Å². The largest absolute Gasteiger partial charge is 0.298 e. The molecule has 0 spiro atoms. The van der Waals surface area contributed by atoms with E-state index in [4.69, 9.17) is 11.6 Å². The maximum atomic E-state index is 12.5. The highest BCUT2D eigenvalue weighted by Gasteiger charge is 2.18. The van der Waals surface area contributed by atoms with Gasteiger partial charge in [-0.05, 0) is 12.5 Å². The highest BCUT2D eigenvalue weighted by molar-refractivity contribution is 7.16. The summed E-state index contributed by atoms with van der Waals surface area (Å²) in [5, 5.41) is 14.0. The van der Waals surface area contributed by atoms with Crippen LogP contribution >= 0.6 is 22.9 Å². The van der Waals surface area contributed by atoms with Gasteiger partial charge in [0.15, 0.2) is 5.13 Å². The number of carbonyl (C=O) groups excluding carboxylic acids is 1. The van der Waals surface area contributed by atoms with Gasteiger partial charge in [0, 0.05) is 22.6 Å². The van der Waals surface area contributed by atoms with E-state index in [0.29, 0.717) is 5.13 Å². The van der Waals surface area contributed by atoms with Gasteiger partial charge in [-0.3, -0.25) is 20.2 Å². The topological polar surface area (TPSA) is 85.1 Å². The molecular formula is C18H14ClN3O3S. The maximum absolute atomic E-state index is 12.5. The lowest BCUT2D eigenvalue weighted by atomic mass is 10.1. The highest BCUT2D eigenvalue weighted by Crippen LogP contribution is 2.32. The lowest BCUT2D eigenvalue weighted by Crippen LogP contribution is -2.12. The van der Waals surface area contributed by atoms with Crippen LogP contribution in [0.1, 0.15) is 22.2 Å². The summed E-state index contributed by atoms with van der Waals surface area (Å²) in [6.45, 7) is 2.03. The van der Waals surface area contributed by atoms with E-state index in [0.717, 1.165) is 28.6 Å². The molecule has 0 saturated carbocycles. The molecule has 0 saturated heterocycles. The van der Waals surface area contributed by atoms with Gasteiger partial charge in [-0.2, -0.15) is 0 Å². The number of nitro groups is 1. The molecule has 0 bridgehead atoms. The van der Waals surface area contributed by atoms with E-state index in [-0.39, 0.29) is 16.3 Å². The molecule has 0 aliphatic carbocycles. The number of hydrogen-bond acceptors (Lipinski definition) is 5. The molecule has 1 heterocycles. The Morgan fingerprint density at radius 1 is 1.27 bits per heavy atom. The van der Waals surface area contributed by atoms with Gasteiger partial charge in [0.1, 0.15) is 0 Å². The summed E-state index contributed by atoms with van der Waals surface area (Å²) in [6.07, 6.45) is 0.788. The minimum absolute atomic E-state index is 0.0206. The second kappa shape index (κ2) is 7.63. The van der Waals surface area contributed by atoms with Crippen LogP contribution in [0.25, 0.3) is 11.3 Å². The summed E-state index contributed by atoms with van der Waals surface area (Å²) in [4.78, 5) is 28.3. The number of hydrogen-bond donors (Lipinski definition) is 1. The number of non-ortho nitro benzene ring substituents is 1. The Kier molecular flexibility index (Phi) is 5.29. The van der Waals surface area contributed by atoms with E-state index < -0.39 is 10.8 Å². The number of carbonyl (C=O) groups is 1. The van der Waals surface area contributed by atoms with Crippen molar-refractivity contribution >= 4 is 39.7 Å². The van der Waals surface area contributed by atoms with Crippen LogP contribution < -0.4 is 5.32 Å². The van der Waals surface area contributed by atoms with E-state index in [1.165, 1.54) is 23.5 Å². The van der Waals surface area contributed by atoms with Crippen LogP contribution in [0.2, 0.25) is 5.02 Å². The van der Waals surface area contributed by atoms with Gasteiger partial charge < -0.3 is 0 Å². The predicted molar refractivity (Wildman–Crippen MR) is 103 cm³/mol. The zero-order chi connectivity index (χ0) is 18.7. The number of nitrogens with one attached hydrogen (secondary N) is 1. The van der Waals surface area contributed by atoms with Crippen LogP contribution in [0, 0.1) is 10.1 Å². The molecule has 3 rings (SSSR count). The molecule has 1 N–H and O–H groups in total. The maximum Gasteiger partial charge on any atom is 0.270 e. The fraction of sp³-hybridized carbons (Fsp3) is 0.111. The number of nitro benzene ring substituents is 1. The van der Waals surface area contributed by atoms with E-state index in [9.17, 15) is 14.9 Å². The number of thiazole rings is 1. The van der Waals surface area contributed by atoms with Crippen LogP contribution in [0.4, 0.5) is 10.8 Å². The van der Waals surface area contributed by atoms with Crippen LogP contribution in [-0.2, 0) is 6.42 Å². The molecule has 3 aromatic rings. The van der Waals surface area contributed by atoms with Crippen LogP contribution in [0.15, 0.2) is 48.5 Å². The number of anilines is 1. The summed E-state index contributed by atoms with van der Waals surface area (Å²) in [6, 6.07) is 13.5. The third kappa shape index (κ3) is 3.74. The van der Waals surface area contributed by atoms with Crippen molar-refractivity contribution in [2.75, 3.05) is 5.32 Å². The SMILES string of the molecule is CCc1sc(NC(=O)c2ccc([N+](=O)[O-])cc2Cl)nc1-c1ccccc1. The molecule has 2 aromatic carbocycles. The smallest absolute Gasteiger partial charge is 0.270 e. The Balaban J connectivity index is 1.86. The molecular weight excluding hydrogens is 374 g/mol. The average Bonchev–Trinajstić information content (AvgIpc) is 3.05. The van der Waals surface area contributed by atoms with Crippen molar-refractivity contribution in [1.82, 2.24) is 4.98 Å². The van der Waals surface area contributed by atoms with Gasteiger partial charge in [0.2, 0.25) is 0 Å². The summed E-state index contributed by atoms with van der Waals surface area (Å²) in [7, 11) is 0. The van der Waals surface area contributed by atoms with Crippen molar-refractivity contribution in [3.8, 4) is 11.3 Å². The van der Waals surface area contributed by atoms with E-state index >= 15 is 0 Å². The first-order chi connectivity index (χ1) is 12.5. The number of halogens is 1. The van der Waals surface area contributed by atoms with Gasteiger partial charge in [0.05, 0.1) is 21.2 Å². The molecule has 1 aromatic heterocycles. The lowest BCUT2D eigenvalue weighted by molar-refractivity contribution is -0.384. The van der Waals surface area contributed by atoms with E-state index in [1.54, 1.807) is 0 Å². The standard InChI is InChI=1S/C18H14ClN3O3S/c1-2-15-16(11-6-4-3-5-7-11)20-18(26-15)21-17(23)13-9-8-12(22(24)25)10-14(13)19/h3-10H,2H2,1H3,(H,20,21,23). The molecule has 26 heavy (non-hydrogen) atoms. The molecule has 0 unspecified atom stereocenters. The number of aromatic nitrogens is 1. The summed E-state index contributed by atoms with van der Waals surface area (Å²) >= 11 is 7.41. The normalized spacial score (nSPS) is 10.5. The fourth-order valence-electron chi connectivity index (χ4n) is 2.43. The number of aryl methyl sites for hydroxylation is 1. The quantitative estimate of drug-likeness (QED) is 0.482. The molecule has 0 aliphatic heterocycles. The minimum Gasteiger partial charge on any atom is -0.298 e. The summed E-state index contributed by atoms with van der Waals surface area (Å²) in [5.41, 5.74) is 1.81. The van der Waals surface area contributed by atoms with Crippen molar-refractivity contribution < 1.29 is 9.72 Å². The average molecular weight is 388 g/mol. The zero-order valence-electron chi connectivity index (χ0n) is 13.7.